The zero-order chi connectivity index (χ0) is 45.2. The van der Waals surface area contributed by atoms with Crippen molar-refractivity contribution < 1.29 is 4.42 Å². The molecule has 0 N–H and O–H groups in total. The van der Waals surface area contributed by atoms with Gasteiger partial charge in [0.25, 0.3) is 0 Å². The van der Waals surface area contributed by atoms with Gasteiger partial charge in [0, 0.05) is 36.9 Å². The number of aromatic nitrogens is 3. The molecule has 0 fully saturated rings. The molecular weight excluding hydrogens is 782 g/mol. The minimum atomic E-state index is 0.653. The highest BCUT2D eigenvalue weighted by Crippen LogP contribution is 2.38. The van der Waals surface area contributed by atoms with Crippen molar-refractivity contribution in [2.75, 3.05) is 0 Å². The summed E-state index contributed by atoms with van der Waals surface area (Å²) in [5.74, 6) is 2.02. The highest BCUT2D eigenvalue weighted by atomic mass is 32.1. The molecule has 19 heteroatoms. The van der Waals surface area contributed by atoms with Crippen LogP contribution in [0.15, 0.2) is 83.3 Å². The first kappa shape index (κ1) is 42.4. The van der Waals surface area contributed by atoms with E-state index in [1.165, 1.54) is 96.8 Å². The van der Waals surface area contributed by atoms with Crippen LogP contribution in [0.2, 0.25) is 0 Å². The van der Waals surface area contributed by atoms with Gasteiger partial charge in [-0.05, 0) is 33.0 Å². The molecule has 0 saturated heterocycles. The molecule has 0 radical (unpaired) electrons. The Labute approximate surface area is 392 Å². The summed E-state index contributed by atoms with van der Waals surface area (Å²) in [7, 11) is 31.4. The Morgan fingerprint density at radius 3 is 1.38 bits per heavy atom. The van der Waals surface area contributed by atoms with E-state index in [2.05, 4.69) is 189 Å². The number of benzene rings is 7. The standard InChI is InChI=1S/C45H41B14N3OS/c46-25-19-20-26(47)32(53)34(55)37(58)40(20)63-39(19)36(57)29(50)23(25)44-60-43(18-9-5-4-8-17(18)16-12-10-15(11-13-16)14-6-2-1-3-7-14)61-45(62-44)24-30(51)31(52)27(48)21-22-28(49)33(54)35(56)38(59)42(22)64-41(21)24/h1-13H,46-59H2. The summed E-state index contributed by atoms with van der Waals surface area (Å²) in [5, 5.41) is 5.00. The molecule has 0 aliphatic rings. The molecule has 0 unspecified atom stereocenters. The Hall–Kier alpha value is -5.52. The largest absolute Gasteiger partial charge is 0.457 e. The highest BCUT2D eigenvalue weighted by Gasteiger charge is 2.27. The monoisotopic (exact) mass is 825 g/mol. The molecule has 10 aromatic rings. The lowest BCUT2D eigenvalue weighted by Crippen LogP contribution is -2.47. The summed E-state index contributed by atoms with van der Waals surface area (Å²) in [6.07, 6.45) is 0. The van der Waals surface area contributed by atoms with Crippen molar-refractivity contribution in [1.29, 1.82) is 0 Å². The summed E-state index contributed by atoms with van der Waals surface area (Å²) in [4.78, 5) is 16.8. The van der Waals surface area contributed by atoms with Crippen molar-refractivity contribution in [2.24, 2.45) is 0 Å². The zero-order valence-corrected chi connectivity index (χ0v) is 40.5. The molecule has 0 bridgehead atoms. The van der Waals surface area contributed by atoms with Crippen LogP contribution in [-0.2, 0) is 0 Å². The van der Waals surface area contributed by atoms with E-state index in [0.29, 0.717) is 17.5 Å². The Morgan fingerprint density at radius 1 is 0.312 bits per heavy atom. The van der Waals surface area contributed by atoms with E-state index in [1.807, 2.05) is 11.3 Å². The van der Waals surface area contributed by atoms with Gasteiger partial charge in [0.05, 0.1) is 0 Å². The van der Waals surface area contributed by atoms with Crippen LogP contribution < -0.4 is 76.5 Å². The summed E-state index contributed by atoms with van der Waals surface area (Å²) in [6.45, 7) is 0. The third-order valence-electron chi connectivity index (χ3n) is 15.3. The van der Waals surface area contributed by atoms with Crippen molar-refractivity contribution in [3.05, 3.63) is 78.9 Å². The highest BCUT2D eigenvalue weighted by molar-refractivity contribution is 7.28. The summed E-state index contributed by atoms with van der Waals surface area (Å²) in [6, 6.07) is 28.0. The lowest BCUT2D eigenvalue weighted by Gasteiger charge is -2.19. The second-order valence-electron chi connectivity index (χ2n) is 18.3. The number of hydrogen-bond donors (Lipinski definition) is 0. The molecule has 290 valence electrons. The fraction of sp³-hybridized carbons (Fsp3) is 0. The number of nitrogens with zero attached hydrogens (tertiary/aromatic N) is 3. The van der Waals surface area contributed by atoms with Crippen molar-refractivity contribution in [3.8, 4) is 56.4 Å². The van der Waals surface area contributed by atoms with E-state index in [1.54, 1.807) is 0 Å². The van der Waals surface area contributed by atoms with Crippen molar-refractivity contribution in [1.82, 2.24) is 15.0 Å². The van der Waals surface area contributed by atoms with E-state index in [-0.39, 0.29) is 0 Å². The Kier molecular flexibility index (Phi) is 10.3. The van der Waals surface area contributed by atoms with Crippen molar-refractivity contribution >= 4 is 240 Å². The lowest BCUT2D eigenvalue weighted by molar-refractivity contribution is 0.675. The number of furan rings is 1. The third kappa shape index (κ3) is 6.20. The molecule has 64 heavy (non-hydrogen) atoms. The summed E-state index contributed by atoms with van der Waals surface area (Å²) < 4.78 is 9.45. The first-order valence-electron chi connectivity index (χ1n) is 22.5. The molecule has 0 aliphatic heterocycles. The average Bonchev–Trinajstić information content (AvgIpc) is 3.92. The quantitative estimate of drug-likeness (QED) is 0.162. The molecule has 0 atom stereocenters. The second-order valence-corrected chi connectivity index (χ2v) is 19.3. The van der Waals surface area contributed by atoms with Crippen LogP contribution in [0.4, 0.5) is 0 Å². The molecule has 3 aromatic heterocycles. The average molecular weight is 823 g/mol. The molecule has 3 heterocycles. The van der Waals surface area contributed by atoms with E-state index < -0.39 is 0 Å². The minimum Gasteiger partial charge on any atom is -0.457 e. The Bertz CT molecular complexity index is 3670. The number of fused-ring (bicyclic) bond motifs is 6. The SMILES string of the molecule is Bc1c(B)c(B)c2c(oc3c(B)c(B)c(-c4nc(-c5ccccc5-c5ccc(-c6ccccc6)cc5)nc(-c5c(B)c(B)c(B)c6c5sc5c(B)c(B)c(B)c(B)c56)n4)c(B)c32)c1B. The fourth-order valence-corrected chi connectivity index (χ4v) is 12.0. The topological polar surface area (TPSA) is 51.8 Å². The van der Waals surface area contributed by atoms with Gasteiger partial charge >= 0.3 is 0 Å². The molecule has 0 amide bonds. The van der Waals surface area contributed by atoms with Gasteiger partial charge in [-0.15, -0.1) is 27.7 Å². The zero-order valence-electron chi connectivity index (χ0n) is 39.7. The maximum atomic E-state index is 6.87. The van der Waals surface area contributed by atoms with E-state index in [9.17, 15) is 0 Å². The fourth-order valence-electron chi connectivity index (χ4n) is 10.4. The predicted octanol–water partition coefficient (Wildman–Crippen LogP) is -11.9. The first-order valence-corrected chi connectivity index (χ1v) is 23.3. The number of rotatable bonds is 5. The second kappa shape index (κ2) is 15.6. The third-order valence-corrected chi connectivity index (χ3v) is 16.6. The van der Waals surface area contributed by atoms with Crippen LogP contribution in [0.1, 0.15) is 0 Å². The van der Waals surface area contributed by atoms with E-state index in [0.717, 1.165) is 60.8 Å². The molecule has 0 aliphatic carbocycles. The van der Waals surface area contributed by atoms with Crippen molar-refractivity contribution in [3.63, 3.8) is 0 Å². The summed E-state index contributed by atoms with van der Waals surface area (Å²) in [5.41, 5.74) is 27.1. The van der Waals surface area contributed by atoms with Gasteiger partial charge in [-0.3, -0.25) is 0 Å². The number of thiophene rings is 1. The summed E-state index contributed by atoms with van der Waals surface area (Å²) >= 11 is 1.89. The normalized spacial score (nSPS) is 11.7. The van der Waals surface area contributed by atoms with Gasteiger partial charge in [0.1, 0.15) is 121 Å². The van der Waals surface area contributed by atoms with E-state index in [4.69, 9.17) is 19.4 Å². The Morgan fingerprint density at radius 2 is 0.734 bits per heavy atom. The first-order chi connectivity index (χ1) is 30.6. The van der Waals surface area contributed by atoms with Gasteiger partial charge in [-0.2, -0.15) is 0 Å². The number of hydrogen-bond acceptors (Lipinski definition) is 5. The molecule has 7 aromatic carbocycles. The molecule has 0 spiro atoms. The van der Waals surface area contributed by atoms with Gasteiger partial charge in [-0.25, -0.2) is 15.0 Å². The van der Waals surface area contributed by atoms with Crippen LogP contribution >= 0.6 is 11.3 Å². The molecule has 10 rings (SSSR count). The van der Waals surface area contributed by atoms with Gasteiger partial charge in [-0.1, -0.05) is 139 Å². The maximum absolute atomic E-state index is 6.87. The van der Waals surface area contributed by atoms with Crippen molar-refractivity contribution in [2.45, 2.75) is 0 Å². The molecular formula is C45H41B14N3OS. The van der Waals surface area contributed by atoms with Crippen LogP contribution in [0.25, 0.3) is 98.5 Å². The Balaban J connectivity index is 1.31. The maximum Gasteiger partial charge on any atom is 0.164 e. The van der Waals surface area contributed by atoms with Crippen LogP contribution in [-0.4, -0.2) is 125 Å². The molecule has 0 saturated carbocycles. The van der Waals surface area contributed by atoms with E-state index >= 15 is 0 Å². The van der Waals surface area contributed by atoms with Gasteiger partial charge < -0.3 is 4.42 Å². The minimum absolute atomic E-state index is 0.653. The van der Waals surface area contributed by atoms with Crippen LogP contribution in [0.3, 0.4) is 0 Å². The predicted molar refractivity (Wildman–Crippen MR) is 322 cm³/mol. The smallest absolute Gasteiger partial charge is 0.164 e. The lowest BCUT2D eigenvalue weighted by atomic mass is 9.64. The van der Waals surface area contributed by atoms with Gasteiger partial charge in [0.2, 0.25) is 0 Å². The van der Waals surface area contributed by atoms with Crippen LogP contribution in [0, 0.1) is 0 Å². The molecule has 4 nitrogen and oxygen atoms in total. The van der Waals surface area contributed by atoms with Gasteiger partial charge in [0.15, 0.2) is 17.5 Å². The van der Waals surface area contributed by atoms with Crippen LogP contribution in [0.5, 0.6) is 0 Å².